The highest BCUT2D eigenvalue weighted by Crippen LogP contribution is 2.43. The highest BCUT2D eigenvalue weighted by molar-refractivity contribution is 9.10. The summed E-state index contributed by atoms with van der Waals surface area (Å²) in [6, 6.07) is 9.56. The van der Waals surface area contributed by atoms with E-state index < -0.39 is 0 Å². The molecule has 0 aliphatic carbocycles. The van der Waals surface area contributed by atoms with Crippen LogP contribution in [0, 0.1) is 6.92 Å². The van der Waals surface area contributed by atoms with Gasteiger partial charge >= 0.3 is 6.03 Å². The van der Waals surface area contributed by atoms with E-state index in [0.29, 0.717) is 11.5 Å². The Hall–Kier alpha value is -3.00. The van der Waals surface area contributed by atoms with Crippen LogP contribution < -0.4 is 15.1 Å². The van der Waals surface area contributed by atoms with E-state index in [-0.39, 0.29) is 12.1 Å². The number of aryl methyl sites for hydroxylation is 1. The van der Waals surface area contributed by atoms with Crippen LogP contribution in [0.2, 0.25) is 0 Å². The number of hydrogen-bond acceptors (Lipinski definition) is 5. The van der Waals surface area contributed by atoms with E-state index in [9.17, 15) is 4.79 Å². The fourth-order valence-corrected chi connectivity index (χ4v) is 4.45. The van der Waals surface area contributed by atoms with Gasteiger partial charge in [-0.05, 0) is 59.6 Å². The van der Waals surface area contributed by atoms with Crippen LogP contribution in [0.5, 0.6) is 0 Å². The molecule has 7 nitrogen and oxygen atoms in total. The number of aromatic nitrogens is 3. The molecule has 5 heterocycles. The highest BCUT2D eigenvalue weighted by atomic mass is 79.9. The van der Waals surface area contributed by atoms with Crippen LogP contribution in [-0.2, 0) is 0 Å². The molecule has 2 amide bonds. The molecule has 0 aromatic carbocycles. The van der Waals surface area contributed by atoms with E-state index >= 15 is 0 Å². The molecule has 146 valence electrons. The van der Waals surface area contributed by atoms with Crippen LogP contribution in [0.15, 0.2) is 53.4 Å². The lowest BCUT2D eigenvalue weighted by Gasteiger charge is -2.36. The highest BCUT2D eigenvalue weighted by Gasteiger charge is 2.40. The largest absolute Gasteiger partial charge is 0.366 e. The minimum atomic E-state index is -0.186. The molecule has 1 fully saturated rings. The summed E-state index contributed by atoms with van der Waals surface area (Å²) in [6.45, 7) is 3.68. The topological polar surface area (TPSA) is 74.2 Å². The summed E-state index contributed by atoms with van der Waals surface area (Å²) in [5.41, 5.74) is 4.27. The maximum atomic E-state index is 13.2. The van der Waals surface area contributed by atoms with E-state index in [1.165, 1.54) is 0 Å². The van der Waals surface area contributed by atoms with Crippen LogP contribution in [0.4, 0.5) is 22.0 Å². The molecular weight excluding hydrogens is 432 g/mol. The molecule has 1 saturated heterocycles. The zero-order chi connectivity index (χ0) is 20.0. The van der Waals surface area contributed by atoms with Crippen LogP contribution in [0.3, 0.4) is 0 Å². The van der Waals surface area contributed by atoms with Crippen molar-refractivity contribution >= 4 is 39.2 Å². The number of nitrogens with zero attached hydrogens (tertiary/aromatic N) is 5. The van der Waals surface area contributed by atoms with Gasteiger partial charge in [-0.3, -0.25) is 14.9 Å². The first-order chi connectivity index (χ1) is 14.1. The minimum Gasteiger partial charge on any atom is -0.366 e. The van der Waals surface area contributed by atoms with Crippen molar-refractivity contribution in [2.45, 2.75) is 19.4 Å². The average molecular weight is 451 g/mol. The standard InChI is InChI=1S/C21H19BrN6O/c1-13-4-5-14(10-24-13)19-17(22)9-18-20(26-19)28(16-6-8-27(18)12-16)21(29)25-15-3-2-7-23-11-15/h2-5,7,9-11,16H,6,8,12H2,1H3,(H,25,29)/t16-/m0/s1. The van der Waals surface area contributed by atoms with Crippen molar-refractivity contribution in [3.63, 3.8) is 0 Å². The van der Waals surface area contributed by atoms with E-state index in [2.05, 4.69) is 42.2 Å². The van der Waals surface area contributed by atoms with E-state index in [0.717, 1.165) is 46.6 Å². The van der Waals surface area contributed by atoms with Crippen LogP contribution >= 0.6 is 15.9 Å². The normalized spacial score (nSPS) is 17.2. The number of halogens is 1. The first-order valence-electron chi connectivity index (χ1n) is 9.49. The van der Waals surface area contributed by atoms with E-state index in [1.54, 1.807) is 23.4 Å². The molecule has 0 spiro atoms. The first kappa shape index (κ1) is 18.1. The Balaban J connectivity index is 1.57. The number of anilines is 3. The quantitative estimate of drug-likeness (QED) is 0.631. The Labute approximate surface area is 176 Å². The summed E-state index contributed by atoms with van der Waals surface area (Å²) >= 11 is 3.67. The lowest BCUT2D eigenvalue weighted by atomic mass is 10.1. The Morgan fingerprint density at radius 3 is 2.93 bits per heavy atom. The molecule has 2 aliphatic heterocycles. The molecule has 1 atom stereocenters. The van der Waals surface area contributed by atoms with Crippen molar-refractivity contribution in [1.29, 1.82) is 0 Å². The van der Waals surface area contributed by atoms with Gasteiger partial charge in [0.15, 0.2) is 5.82 Å². The van der Waals surface area contributed by atoms with E-state index in [4.69, 9.17) is 4.98 Å². The van der Waals surface area contributed by atoms with Crippen LogP contribution in [-0.4, -0.2) is 40.1 Å². The Morgan fingerprint density at radius 1 is 1.28 bits per heavy atom. The number of hydrogen-bond donors (Lipinski definition) is 1. The molecular formula is C21H19BrN6O. The molecule has 3 aromatic heterocycles. The SMILES string of the molecule is Cc1ccc(-c2nc3c(cc2Br)N2CC[C@@H](C2)N3C(=O)Nc2cccnc2)cn1. The second-order valence-electron chi connectivity index (χ2n) is 7.28. The fourth-order valence-electron chi connectivity index (χ4n) is 3.92. The smallest absolute Gasteiger partial charge is 0.327 e. The van der Waals surface area contributed by atoms with Gasteiger partial charge in [0.05, 0.1) is 29.3 Å². The third-order valence-corrected chi connectivity index (χ3v) is 5.95. The Kier molecular flexibility index (Phi) is 4.43. The van der Waals surface area contributed by atoms with Gasteiger partial charge in [-0.25, -0.2) is 9.78 Å². The molecule has 0 unspecified atom stereocenters. The van der Waals surface area contributed by atoms with E-state index in [1.807, 2.05) is 31.3 Å². The van der Waals surface area contributed by atoms with Crippen molar-refractivity contribution in [1.82, 2.24) is 15.0 Å². The number of nitrogens with one attached hydrogen (secondary N) is 1. The predicted octanol–water partition coefficient (Wildman–Crippen LogP) is 4.24. The number of fused-ring (bicyclic) bond motifs is 4. The summed E-state index contributed by atoms with van der Waals surface area (Å²) < 4.78 is 0.889. The first-order valence-corrected chi connectivity index (χ1v) is 10.3. The zero-order valence-corrected chi connectivity index (χ0v) is 17.4. The second-order valence-corrected chi connectivity index (χ2v) is 8.13. The molecule has 8 heteroatoms. The van der Waals surface area contributed by atoms with Crippen LogP contribution in [0.1, 0.15) is 12.1 Å². The summed E-state index contributed by atoms with van der Waals surface area (Å²) in [5, 5.41) is 2.96. The van der Waals surface area contributed by atoms with Crippen molar-refractivity contribution < 1.29 is 4.79 Å². The van der Waals surface area contributed by atoms with Gasteiger partial charge in [0.1, 0.15) is 0 Å². The average Bonchev–Trinajstić information content (AvgIpc) is 3.14. The molecule has 2 aliphatic rings. The van der Waals surface area contributed by atoms with Gasteiger partial charge in [-0.15, -0.1) is 0 Å². The Bertz CT molecular complexity index is 1070. The van der Waals surface area contributed by atoms with Gasteiger partial charge < -0.3 is 10.2 Å². The third kappa shape index (κ3) is 3.23. The number of pyridine rings is 3. The van der Waals surface area contributed by atoms with Gasteiger partial charge in [0, 0.05) is 41.2 Å². The summed E-state index contributed by atoms with van der Waals surface area (Å²) in [5.74, 6) is 0.680. The van der Waals surface area contributed by atoms with Gasteiger partial charge in [0.25, 0.3) is 0 Å². The molecule has 0 radical (unpaired) electrons. The predicted molar refractivity (Wildman–Crippen MR) is 116 cm³/mol. The fraction of sp³-hybridized carbons (Fsp3) is 0.238. The molecule has 1 N–H and O–H groups in total. The minimum absolute atomic E-state index is 0.0943. The lowest BCUT2D eigenvalue weighted by molar-refractivity contribution is 0.255. The Morgan fingerprint density at radius 2 is 2.17 bits per heavy atom. The number of carbonyl (C=O) groups is 1. The van der Waals surface area contributed by atoms with Gasteiger partial charge in [-0.1, -0.05) is 0 Å². The number of urea groups is 1. The maximum Gasteiger partial charge on any atom is 0.327 e. The third-order valence-electron chi connectivity index (χ3n) is 5.35. The van der Waals surface area contributed by atoms with Gasteiger partial charge in [-0.2, -0.15) is 0 Å². The second kappa shape index (κ2) is 7.11. The van der Waals surface area contributed by atoms with Crippen molar-refractivity contribution in [2.24, 2.45) is 0 Å². The molecule has 29 heavy (non-hydrogen) atoms. The number of amides is 2. The molecule has 2 bridgehead atoms. The number of rotatable bonds is 2. The zero-order valence-electron chi connectivity index (χ0n) is 15.8. The van der Waals surface area contributed by atoms with Crippen molar-refractivity contribution in [3.8, 4) is 11.3 Å². The molecule has 0 saturated carbocycles. The summed E-state index contributed by atoms with van der Waals surface area (Å²) in [6.07, 6.45) is 6.05. The summed E-state index contributed by atoms with van der Waals surface area (Å²) in [7, 11) is 0. The lowest BCUT2D eigenvalue weighted by Crippen LogP contribution is -2.48. The van der Waals surface area contributed by atoms with Crippen molar-refractivity contribution in [2.75, 3.05) is 28.2 Å². The summed E-state index contributed by atoms with van der Waals surface area (Å²) in [4.78, 5) is 30.7. The molecule has 5 rings (SSSR count). The number of carbonyl (C=O) groups excluding carboxylic acids is 1. The monoisotopic (exact) mass is 450 g/mol. The van der Waals surface area contributed by atoms with Crippen molar-refractivity contribution in [3.05, 3.63) is 59.1 Å². The van der Waals surface area contributed by atoms with Gasteiger partial charge in [0.2, 0.25) is 0 Å². The molecule has 3 aromatic rings. The van der Waals surface area contributed by atoms with Crippen LogP contribution in [0.25, 0.3) is 11.3 Å². The maximum absolute atomic E-state index is 13.2.